The highest BCUT2D eigenvalue weighted by Crippen LogP contribution is 2.45. The van der Waals surface area contributed by atoms with E-state index in [2.05, 4.69) is 34.6 Å². The van der Waals surface area contributed by atoms with Crippen LogP contribution in [-0.4, -0.2) is 96.7 Å². The fourth-order valence-corrected chi connectivity index (χ4v) is 11.0. The second-order valence-corrected chi connectivity index (χ2v) is 26.2. The molecule has 0 aliphatic carbocycles. The van der Waals surface area contributed by atoms with E-state index >= 15 is 0 Å². The number of phosphoric ester groups is 2. The predicted molar refractivity (Wildman–Crippen MR) is 326 cm³/mol. The van der Waals surface area contributed by atoms with Crippen LogP contribution >= 0.6 is 15.6 Å². The number of esters is 4. The molecule has 0 fully saturated rings. The van der Waals surface area contributed by atoms with Crippen molar-refractivity contribution in [1.82, 2.24) is 0 Å². The summed E-state index contributed by atoms with van der Waals surface area (Å²) in [5, 5.41) is 10.5. The van der Waals surface area contributed by atoms with Crippen molar-refractivity contribution in [2.75, 3.05) is 39.6 Å². The van der Waals surface area contributed by atoms with Crippen molar-refractivity contribution < 1.29 is 80.2 Å². The SMILES string of the molecule is CCCCCCCCCCCCC(=O)OC[C@H](COP(=O)(O)OC[C@@H](O)COP(=O)(O)OC[C@@H](COC(=O)CCCCCCCCCCC)OC(=O)CCCCCCCCCCCC)OC(=O)CCCCCCCCCCCCC(C)C. The molecule has 19 heteroatoms. The van der Waals surface area contributed by atoms with Crippen molar-refractivity contribution >= 4 is 39.5 Å². The smallest absolute Gasteiger partial charge is 0.462 e. The van der Waals surface area contributed by atoms with Gasteiger partial charge in [-0.15, -0.1) is 0 Å². The lowest BCUT2D eigenvalue weighted by Gasteiger charge is -2.21. The van der Waals surface area contributed by atoms with Gasteiger partial charge < -0.3 is 33.8 Å². The van der Waals surface area contributed by atoms with Gasteiger partial charge in [-0.1, -0.05) is 266 Å². The van der Waals surface area contributed by atoms with Crippen LogP contribution in [-0.2, 0) is 65.4 Å². The zero-order chi connectivity index (χ0) is 60.6. The highest BCUT2D eigenvalue weighted by atomic mass is 31.2. The van der Waals surface area contributed by atoms with E-state index in [9.17, 15) is 43.2 Å². The number of rotatable bonds is 63. The minimum absolute atomic E-state index is 0.106. The van der Waals surface area contributed by atoms with Crippen LogP contribution in [0.1, 0.15) is 317 Å². The first-order chi connectivity index (χ1) is 39.5. The summed E-state index contributed by atoms with van der Waals surface area (Å²) in [6.07, 6.45) is 40.2. The number of carbonyl (C=O) groups is 4. The molecule has 0 aliphatic rings. The van der Waals surface area contributed by atoms with Gasteiger partial charge in [0.05, 0.1) is 26.4 Å². The van der Waals surface area contributed by atoms with Gasteiger partial charge >= 0.3 is 39.5 Å². The summed E-state index contributed by atoms with van der Waals surface area (Å²) in [4.78, 5) is 72.1. The minimum Gasteiger partial charge on any atom is -0.462 e. The number of aliphatic hydroxyl groups is 1. The summed E-state index contributed by atoms with van der Waals surface area (Å²) >= 11 is 0. The number of phosphoric acid groups is 2. The average molecular weight is 1210 g/mol. The maximum Gasteiger partial charge on any atom is 0.472 e. The quantitative estimate of drug-likeness (QED) is 0.0222. The van der Waals surface area contributed by atoms with E-state index in [1.165, 1.54) is 141 Å². The molecule has 0 amide bonds. The van der Waals surface area contributed by atoms with Gasteiger partial charge in [0.1, 0.15) is 19.3 Å². The Labute approximate surface area is 498 Å². The van der Waals surface area contributed by atoms with Gasteiger partial charge in [0, 0.05) is 25.7 Å². The number of unbranched alkanes of at least 4 members (excludes halogenated alkanes) is 35. The van der Waals surface area contributed by atoms with E-state index in [0.717, 1.165) is 95.8 Å². The molecule has 0 rings (SSSR count). The summed E-state index contributed by atoms with van der Waals surface area (Å²) in [5.41, 5.74) is 0. The molecule has 0 aromatic heterocycles. The van der Waals surface area contributed by atoms with Crippen LogP contribution in [0.5, 0.6) is 0 Å². The third-order valence-electron chi connectivity index (χ3n) is 14.5. The van der Waals surface area contributed by atoms with Crippen LogP contribution in [0.2, 0.25) is 0 Å². The molecule has 486 valence electrons. The van der Waals surface area contributed by atoms with Crippen molar-refractivity contribution in [1.29, 1.82) is 0 Å². The van der Waals surface area contributed by atoms with Gasteiger partial charge in [0.25, 0.3) is 0 Å². The highest BCUT2D eigenvalue weighted by molar-refractivity contribution is 7.47. The first kappa shape index (κ1) is 80.1. The van der Waals surface area contributed by atoms with E-state index in [1.54, 1.807) is 0 Å². The molecule has 0 aliphatic heterocycles. The molecule has 2 unspecified atom stereocenters. The summed E-state index contributed by atoms with van der Waals surface area (Å²) in [6.45, 7) is 7.15. The van der Waals surface area contributed by atoms with Crippen LogP contribution in [0.3, 0.4) is 0 Å². The Morgan fingerprint density at radius 3 is 0.829 bits per heavy atom. The van der Waals surface area contributed by atoms with Crippen LogP contribution in [0.25, 0.3) is 0 Å². The molecule has 0 aromatic carbocycles. The van der Waals surface area contributed by atoms with Crippen LogP contribution in [0.4, 0.5) is 0 Å². The predicted octanol–water partition coefficient (Wildman–Crippen LogP) is 17.4. The first-order valence-corrected chi connectivity index (χ1v) is 36.1. The van der Waals surface area contributed by atoms with Gasteiger partial charge in [0.2, 0.25) is 0 Å². The first-order valence-electron chi connectivity index (χ1n) is 33.1. The van der Waals surface area contributed by atoms with Gasteiger partial charge in [0.15, 0.2) is 12.2 Å². The molecule has 82 heavy (non-hydrogen) atoms. The van der Waals surface area contributed by atoms with Crippen molar-refractivity contribution in [3.63, 3.8) is 0 Å². The molecule has 3 N–H and O–H groups in total. The molecular formula is C63H122O17P2. The van der Waals surface area contributed by atoms with Gasteiger partial charge in [-0.25, -0.2) is 9.13 Å². The molecule has 0 bridgehead atoms. The highest BCUT2D eigenvalue weighted by Gasteiger charge is 2.30. The lowest BCUT2D eigenvalue weighted by molar-refractivity contribution is -0.161. The van der Waals surface area contributed by atoms with E-state index in [-0.39, 0.29) is 25.7 Å². The Balaban J connectivity index is 5.23. The number of carbonyl (C=O) groups excluding carboxylic acids is 4. The number of ether oxygens (including phenoxy) is 4. The fourth-order valence-electron chi connectivity index (χ4n) is 9.41. The standard InChI is InChI=1S/C63H122O17P2/c1-6-9-12-15-18-21-27-32-37-42-47-61(66)74-53-59(80-63(68)49-44-39-34-29-24-23-26-30-35-40-45-56(4)5)55-78-82(71,72)76-51-57(64)50-75-81(69,70)77-54-58(52-73-60(65)46-41-36-31-25-20-17-14-11-8-3)79-62(67)48-43-38-33-28-22-19-16-13-10-7-2/h56-59,64H,6-55H2,1-5H3,(H,69,70)(H,71,72)/t57-,58+,59+/m0/s1. The average Bonchev–Trinajstić information content (AvgIpc) is 3.45. The van der Waals surface area contributed by atoms with Gasteiger partial charge in [-0.05, 0) is 31.6 Å². The molecule has 17 nitrogen and oxygen atoms in total. The molecule has 0 saturated heterocycles. The monoisotopic (exact) mass is 1210 g/mol. The second-order valence-electron chi connectivity index (χ2n) is 23.3. The molecule has 0 heterocycles. The zero-order valence-corrected chi connectivity index (χ0v) is 54.4. The molecule has 0 radical (unpaired) electrons. The molecular weight excluding hydrogens is 1090 g/mol. The third kappa shape index (κ3) is 57.2. The fraction of sp³-hybridized carbons (Fsp3) is 0.937. The molecule has 0 aromatic rings. The van der Waals surface area contributed by atoms with Crippen LogP contribution in [0.15, 0.2) is 0 Å². The Bertz CT molecular complexity index is 1600. The van der Waals surface area contributed by atoms with Gasteiger partial charge in [-0.2, -0.15) is 0 Å². The summed E-state index contributed by atoms with van der Waals surface area (Å²) in [5.74, 6) is -1.38. The largest absolute Gasteiger partial charge is 0.472 e. The van der Waals surface area contributed by atoms with Crippen LogP contribution in [0, 0.1) is 5.92 Å². The zero-order valence-electron chi connectivity index (χ0n) is 52.6. The number of hydrogen-bond donors (Lipinski definition) is 3. The number of hydrogen-bond acceptors (Lipinski definition) is 15. The third-order valence-corrected chi connectivity index (χ3v) is 16.4. The van der Waals surface area contributed by atoms with Crippen molar-refractivity contribution in [2.45, 2.75) is 335 Å². The molecule has 5 atom stereocenters. The summed E-state index contributed by atoms with van der Waals surface area (Å²) in [7, 11) is -9.88. The Morgan fingerprint density at radius 2 is 0.561 bits per heavy atom. The van der Waals surface area contributed by atoms with Gasteiger partial charge in [-0.3, -0.25) is 37.3 Å². The Hall–Kier alpha value is -1.94. The molecule has 0 saturated carbocycles. The number of aliphatic hydroxyl groups excluding tert-OH is 1. The minimum atomic E-state index is -4.94. The van der Waals surface area contributed by atoms with Crippen molar-refractivity contribution in [3.05, 3.63) is 0 Å². The van der Waals surface area contributed by atoms with E-state index in [1.807, 2.05) is 0 Å². The van der Waals surface area contributed by atoms with Crippen LogP contribution < -0.4 is 0 Å². The van der Waals surface area contributed by atoms with E-state index < -0.39 is 97.5 Å². The molecule has 0 spiro atoms. The van der Waals surface area contributed by atoms with E-state index in [4.69, 9.17) is 37.0 Å². The summed E-state index contributed by atoms with van der Waals surface area (Å²) in [6, 6.07) is 0. The Kier molecular flexibility index (Phi) is 55.5. The second kappa shape index (κ2) is 56.8. The maximum absolute atomic E-state index is 13.0. The Morgan fingerprint density at radius 1 is 0.329 bits per heavy atom. The lowest BCUT2D eigenvalue weighted by Crippen LogP contribution is -2.30. The van der Waals surface area contributed by atoms with Crippen molar-refractivity contribution in [2.24, 2.45) is 5.92 Å². The summed E-state index contributed by atoms with van der Waals surface area (Å²) < 4.78 is 67.9. The lowest BCUT2D eigenvalue weighted by atomic mass is 10.0. The van der Waals surface area contributed by atoms with Crippen molar-refractivity contribution in [3.8, 4) is 0 Å². The maximum atomic E-state index is 13.0. The van der Waals surface area contributed by atoms with E-state index in [0.29, 0.717) is 25.7 Å². The topological polar surface area (TPSA) is 237 Å². The normalized spacial score (nSPS) is 14.3.